The first kappa shape index (κ1) is 31.4. The van der Waals surface area contributed by atoms with Gasteiger partial charge in [-0.2, -0.15) is 0 Å². The molecule has 2 N–H and O–H groups in total. The Hall–Kier alpha value is -5.05. The molecule has 0 spiro atoms. The molecular formula is C30H29F3N6O6. The predicted octanol–water partition coefficient (Wildman–Crippen LogP) is 2.21. The third-order valence-corrected chi connectivity index (χ3v) is 7.66. The molecule has 0 bridgehead atoms. The number of halogens is 3. The van der Waals surface area contributed by atoms with Gasteiger partial charge in [-0.25, -0.2) is 32.3 Å². The van der Waals surface area contributed by atoms with Crippen LogP contribution in [-0.4, -0.2) is 74.4 Å². The van der Waals surface area contributed by atoms with E-state index in [1.807, 2.05) is 0 Å². The van der Waals surface area contributed by atoms with E-state index in [9.17, 15) is 33.1 Å². The molecular weight excluding hydrogens is 597 g/mol. The Morgan fingerprint density at radius 3 is 2.62 bits per heavy atom. The van der Waals surface area contributed by atoms with Crippen LogP contribution in [0.3, 0.4) is 0 Å². The Balaban J connectivity index is 1.35. The number of hydrogen-bond acceptors (Lipinski definition) is 8. The van der Waals surface area contributed by atoms with E-state index >= 15 is 4.39 Å². The molecule has 45 heavy (non-hydrogen) atoms. The standard InChI is InChI=1S/C30H29F3N6O6/c1-16-9-18(38-7-8-45-15-19(38)12-24(32)33)11-21(31)26(16)27(40)36-22(29(42)43)10-17-3-4-25(35-13-17)39-28(41)20-5-6-34-14-23(20)37(2)30(39)44/h3-6,9,11,13-14,19,22,24H,7-8,10,12,15H2,1-2H3,(H,36,40)(H,42,43)/t19-,22?/m0/s1. The van der Waals surface area contributed by atoms with Crippen LogP contribution in [0.4, 0.5) is 18.9 Å². The fourth-order valence-corrected chi connectivity index (χ4v) is 5.41. The number of benzene rings is 1. The van der Waals surface area contributed by atoms with E-state index in [1.54, 1.807) is 4.90 Å². The number of fused-ring (bicyclic) bond motifs is 1. The highest BCUT2D eigenvalue weighted by Crippen LogP contribution is 2.28. The van der Waals surface area contributed by atoms with Crippen molar-refractivity contribution in [1.29, 1.82) is 0 Å². The Morgan fingerprint density at radius 2 is 1.96 bits per heavy atom. The summed E-state index contributed by atoms with van der Waals surface area (Å²) >= 11 is 0. The number of aromatic nitrogens is 4. The minimum Gasteiger partial charge on any atom is -0.480 e. The summed E-state index contributed by atoms with van der Waals surface area (Å²) in [6.45, 7) is 2.05. The van der Waals surface area contributed by atoms with E-state index in [4.69, 9.17) is 4.74 Å². The minimum absolute atomic E-state index is 0.00724. The van der Waals surface area contributed by atoms with E-state index < -0.39 is 53.9 Å². The van der Waals surface area contributed by atoms with Crippen LogP contribution < -0.4 is 21.5 Å². The third-order valence-electron chi connectivity index (χ3n) is 7.66. The van der Waals surface area contributed by atoms with Crippen molar-refractivity contribution in [3.8, 4) is 5.82 Å². The number of aliphatic carboxylic acids is 1. The summed E-state index contributed by atoms with van der Waals surface area (Å²) in [6, 6.07) is 4.73. The van der Waals surface area contributed by atoms with Crippen LogP contribution in [0.15, 0.2) is 58.5 Å². The number of amides is 1. The highest BCUT2D eigenvalue weighted by atomic mass is 19.3. The average molecular weight is 627 g/mol. The maximum Gasteiger partial charge on any atom is 0.337 e. The van der Waals surface area contributed by atoms with Crippen molar-refractivity contribution < 1.29 is 32.6 Å². The maximum atomic E-state index is 15.3. The normalized spacial score (nSPS) is 15.8. The Kier molecular flexibility index (Phi) is 8.99. The molecule has 15 heteroatoms. The number of hydrogen-bond donors (Lipinski definition) is 2. The quantitative estimate of drug-likeness (QED) is 0.285. The molecule has 1 saturated heterocycles. The van der Waals surface area contributed by atoms with Crippen molar-refractivity contribution in [1.82, 2.24) is 24.4 Å². The molecule has 12 nitrogen and oxygen atoms in total. The monoisotopic (exact) mass is 626 g/mol. The summed E-state index contributed by atoms with van der Waals surface area (Å²) in [4.78, 5) is 60.8. The number of pyridine rings is 2. The molecule has 1 aliphatic heterocycles. The molecule has 1 unspecified atom stereocenters. The number of carboxylic acid groups (broad SMARTS) is 1. The van der Waals surface area contributed by atoms with Crippen molar-refractivity contribution in [2.75, 3.05) is 24.7 Å². The molecule has 3 aromatic heterocycles. The second-order valence-corrected chi connectivity index (χ2v) is 10.6. The second-order valence-electron chi connectivity index (χ2n) is 10.6. The zero-order valence-corrected chi connectivity index (χ0v) is 24.2. The second kappa shape index (κ2) is 12.9. The van der Waals surface area contributed by atoms with Crippen LogP contribution in [0.25, 0.3) is 16.7 Å². The largest absolute Gasteiger partial charge is 0.480 e. The van der Waals surface area contributed by atoms with Crippen molar-refractivity contribution >= 4 is 28.5 Å². The first-order valence-corrected chi connectivity index (χ1v) is 13.9. The van der Waals surface area contributed by atoms with E-state index in [0.717, 1.165) is 10.6 Å². The molecule has 4 heterocycles. The van der Waals surface area contributed by atoms with Crippen molar-refractivity contribution in [3.63, 3.8) is 0 Å². The zero-order valence-electron chi connectivity index (χ0n) is 24.2. The molecule has 5 rings (SSSR count). The van der Waals surface area contributed by atoms with Gasteiger partial charge in [-0.15, -0.1) is 0 Å². The van der Waals surface area contributed by atoms with Gasteiger partial charge < -0.3 is 20.1 Å². The zero-order chi connectivity index (χ0) is 32.4. The molecule has 1 aliphatic rings. The van der Waals surface area contributed by atoms with Gasteiger partial charge in [0.1, 0.15) is 17.7 Å². The van der Waals surface area contributed by atoms with Crippen LogP contribution in [0.1, 0.15) is 27.9 Å². The first-order valence-electron chi connectivity index (χ1n) is 13.9. The van der Waals surface area contributed by atoms with E-state index in [0.29, 0.717) is 16.8 Å². The Morgan fingerprint density at radius 1 is 1.18 bits per heavy atom. The lowest BCUT2D eigenvalue weighted by molar-refractivity contribution is -0.139. The van der Waals surface area contributed by atoms with Gasteiger partial charge in [0.05, 0.1) is 41.9 Å². The van der Waals surface area contributed by atoms with Gasteiger partial charge >= 0.3 is 11.7 Å². The predicted molar refractivity (Wildman–Crippen MR) is 157 cm³/mol. The number of aryl methyl sites for hydroxylation is 2. The Bertz CT molecular complexity index is 1850. The summed E-state index contributed by atoms with van der Waals surface area (Å²) in [5.74, 6) is -3.29. The van der Waals surface area contributed by atoms with Gasteiger partial charge in [0.25, 0.3) is 11.5 Å². The maximum absolute atomic E-state index is 15.3. The molecule has 1 aromatic carbocycles. The van der Waals surface area contributed by atoms with E-state index in [1.165, 1.54) is 61.4 Å². The molecule has 0 radical (unpaired) electrons. The topological polar surface area (TPSA) is 149 Å². The highest BCUT2D eigenvalue weighted by Gasteiger charge is 2.29. The van der Waals surface area contributed by atoms with Gasteiger partial charge in [0.15, 0.2) is 0 Å². The number of ether oxygens (including phenoxy) is 1. The number of morpholine rings is 1. The lowest BCUT2D eigenvalue weighted by Gasteiger charge is -2.37. The van der Waals surface area contributed by atoms with Crippen molar-refractivity contribution in [2.24, 2.45) is 7.05 Å². The molecule has 0 aliphatic carbocycles. The van der Waals surface area contributed by atoms with Crippen molar-refractivity contribution in [2.45, 2.75) is 38.3 Å². The summed E-state index contributed by atoms with van der Waals surface area (Å²) in [6.07, 6.45) is 0.809. The van der Waals surface area contributed by atoms with Gasteiger partial charge in [0.2, 0.25) is 6.43 Å². The van der Waals surface area contributed by atoms with E-state index in [-0.39, 0.29) is 48.5 Å². The lowest BCUT2D eigenvalue weighted by atomic mass is 10.0. The number of rotatable bonds is 9. The Labute approximate surface area is 253 Å². The van der Waals surface area contributed by atoms with E-state index in [2.05, 4.69) is 15.3 Å². The molecule has 1 amide bonds. The average Bonchev–Trinajstić information content (AvgIpc) is 3.00. The smallest absolute Gasteiger partial charge is 0.337 e. The summed E-state index contributed by atoms with van der Waals surface area (Å²) in [7, 11) is 1.49. The van der Waals surface area contributed by atoms with Gasteiger partial charge in [-0.05, 0) is 42.3 Å². The third kappa shape index (κ3) is 6.43. The number of carbonyl (C=O) groups excluding carboxylic acids is 1. The summed E-state index contributed by atoms with van der Waals surface area (Å²) < 4.78 is 48.9. The van der Waals surface area contributed by atoms with Crippen LogP contribution in [0.2, 0.25) is 0 Å². The first-order chi connectivity index (χ1) is 21.5. The molecule has 4 aromatic rings. The lowest BCUT2D eigenvalue weighted by Crippen LogP contribution is -2.46. The van der Waals surface area contributed by atoms with Gasteiger partial charge in [-0.3, -0.25) is 19.1 Å². The van der Waals surface area contributed by atoms with Gasteiger partial charge in [-0.1, -0.05) is 6.07 Å². The van der Waals surface area contributed by atoms with Crippen molar-refractivity contribution in [3.05, 3.63) is 92.3 Å². The highest BCUT2D eigenvalue weighted by molar-refractivity contribution is 5.98. The fourth-order valence-electron chi connectivity index (χ4n) is 5.41. The number of carbonyl (C=O) groups is 2. The number of nitrogens with one attached hydrogen (secondary N) is 1. The van der Waals surface area contributed by atoms with Crippen LogP contribution in [0.5, 0.6) is 0 Å². The fraction of sp³-hybridized carbons (Fsp3) is 0.333. The number of alkyl halides is 2. The number of anilines is 1. The van der Waals surface area contributed by atoms with Crippen LogP contribution in [0, 0.1) is 12.7 Å². The molecule has 236 valence electrons. The van der Waals surface area contributed by atoms with Gasteiger partial charge in [0, 0.05) is 44.5 Å². The van der Waals surface area contributed by atoms with Crippen LogP contribution >= 0.6 is 0 Å². The minimum atomic E-state index is -2.58. The number of nitrogens with zero attached hydrogens (tertiary/aromatic N) is 5. The molecule has 1 fully saturated rings. The SMILES string of the molecule is Cc1cc(N2CCOC[C@@H]2CC(F)F)cc(F)c1C(=O)NC(Cc1ccc(-n2c(=O)c3ccncc3n(C)c2=O)nc1)C(=O)O. The molecule has 0 saturated carbocycles. The summed E-state index contributed by atoms with van der Waals surface area (Å²) in [5, 5.41) is 12.4. The van der Waals surface area contributed by atoms with Crippen LogP contribution in [-0.2, 0) is 23.0 Å². The number of carboxylic acids is 1. The molecule has 2 atom stereocenters. The summed E-state index contributed by atoms with van der Waals surface area (Å²) in [5.41, 5.74) is -0.429.